The van der Waals surface area contributed by atoms with Crippen molar-refractivity contribution in [2.24, 2.45) is 0 Å². The van der Waals surface area contributed by atoms with Gasteiger partial charge in [0.2, 0.25) is 0 Å². The summed E-state index contributed by atoms with van der Waals surface area (Å²) in [6.07, 6.45) is 2.83. The molecule has 1 aromatic rings. The van der Waals surface area contributed by atoms with Crippen LogP contribution in [0.25, 0.3) is 6.08 Å². The zero-order chi connectivity index (χ0) is 11.3. The third-order valence-corrected chi connectivity index (χ3v) is 1.82. The average molecular weight is 208 g/mol. The van der Waals surface area contributed by atoms with Crippen LogP contribution in [-0.4, -0.2) is 25.3 Å². The highest BCUT2D eigenvalue weighted by molar-refractivity contribution is 5.87. The van der Waals surface area contributed by atoms with Gasteiger partial charge in [-0.2, -0.15) is 0 Å². The van der Waals surface area contributed by atoms with Crippen LogP contribution in [0.4, 0.5) is 0 Å². The van der Waals surface area contributed by atoms with E-state index in [9.17, 15) is 9.90 Å². The topological polar surface area (TPSA) is 55.8 Å². The van der Waals surface area contributed by atoms with Gasteiger partial charge in [-0.1, -0.05) is 6.07 Å². The summed E-state index contributed by atoms with van der Waals surface area (Å²) >= 11 is 0. The van der Waals surface area contributed by atoms with Gasteiger partial charge in [0.25, 0.3) is 0 Å². The van der Waals surface area contributed by atoms with E-state index in [0.29, 0.717) is 11.3 Å². The van der Waals surface area contributed by atoms with Crippen LogP contribution in [0.5, 0.6) is 11.5 Å². The largest absolute Gasteiger partial charge is 0.504 e. The molecule has 0 aliphatic heterocycles. The van der Waals surface area contributed by atoms with Gasteiger partial charge in [0.1, 0.15) is 0 Å². The van der Waals surface area contributed by atoms with E-state index in [1.807, 2.05) is 0 Å². The van der Waals surface area contributed by atoms with Crippen LogP contribution >= 0.6 is 0 Å². The second kappa shape index (κ2) is 5.05. The van der Waals surface area contributed by atoms with Crippen LogP contribution in [0.15, 0.2) is 24.3 Å². The number of rotatable bonds is 3. The minimum Gasteiger partial charge on any atom is -0.504 e. The van der Waals surface area contributed by atoms with E-state index < -0.39 is 5.97 Å². The molecule has 4 nitrogen and oxygen atoms in total. The molecule has 1 rings (SSSR count). The number of benzene rings is 1. The Balaban J connectivity index is 2.84. The SMILES string of the molecule is COC(=O)/C=C\c1ccc(OC)c(O)c1. The monoisotopic (exact) mass is 208 g/mol. The minimum absolute atomic E-state index is 0.0320. The summed E-state index contributed by atoms with van der Waals surface area (Å²) in [4.78, 5) is 10.8. The third-order valence-electron chi connectivity index (χ3n) is 1.82. The van der Waals surface area contributed by atoms with Gasteiger partial charge in [-0.15, -0.1) is 0 Å². The van der Waals surface area contributed by atoms with Gasteiger partial charge in [0.15, 0.2) is 11.5 Å². The zero-order valence-corrected chi connectivity index (χ0v) is 8.56. The molecule has 0 spiro atoms. The van der Waals surface area contributed by atoms with Crippen LogP contribution in [0.3, 0.4) is 0 Å². The molecule has 0 unspecified atom stereocenters. The Labute approximate surface area is 87.7 Å². The molecule has 15 heavy (non-hydrogen) atoms. The molecule has 0 amide bonds. The molecule has 0 heterocycles. The molecule has 80 valence electrons. The lowest BCUT2D eigenvalue weighted by Crippen LogP contribution is -1.93. The number of phenolic OH excluding ortho intramolecular Hbond substituents is 1. The second-order valence-electron chi connectivity index (χ2n) is 2.79. The van der Waals surface area contributed by atoms with Crippen molar-refractivity contribution in [1.82, 2.24) is 0 Å². The maximum absolute atomic E-state index is 10.8. The Kier molecular flexibility index (Phi) is 3.74. The van der Waals surface area contributed by atoms with E-state index in [1.54, 1.807) is 18.2 Å². The van der Waals surface area contributed by atoms with E-state index in [0.717, 1.165) is 0 Å². The molecule has 1 N–H and O–H groups in total. The molecule has 0 bridgehead atoms. The summed E-state index contributed by atoms with van der Waals surface area (Å²) in [6, 6.07) is 4.84. The standard InChI is InChI=1S/C11H12O4/c1-14-10-5-3-8(7-9(10)12)4-6-11(13)15-2/h3-7,12H,1-2H3/b6-4-. The molecular formula is C11H12O4. The molecule has 0 aromatic heterocycles. The number of esters is 1. The molecule has 0 saturated carbocycles. The van der Waals surface area contributed by atoms with E-state index in [2.05, 4.69) is 4.74 Å². The first-order chi connectivity index (χ1) is 7.17. The Hall–Kier alpha value is -1.97. The molecule has 0 fully saturated rings. The maximum atomic E-state index is 10.8. The van der Waals surface area contributed by atoms with Crippen molar-refractivity contribution in [3.8, 4) is 11.5 Å². The normalized spacial score (nSPS) is 10.3. The zero-order valence-electron chi connectivity index (χ0n) is 8.56. The van der Waals surface area contributed by atoms with Gasteiger partial charge in [-0.3, -0.25) is 0 Å². The number of carbonyl (C=O) groups is 1. The second-order valence-corrected chi connectivity index (χ2v) is 2.79. The molecule has 4 heteroatoms. The van der Waals surface area contributed by atoms with Gasteiger partial charge in [0.05, 0.1) is 14.2 Å². The van der Waals surface area contributed by atoms with Gasteiger partial charge in [0, 0.05) is 6.08 Å². The fraction of sp³-hybridized carbons (Fsp3) is 0.182. The van der Waals surface area contributed by atoms with Gasteiger partial charge in [-0.25, -0.2) is 4.79 Å². The lowest BCUT2D eigenvalue weighted by atomic mass is 10.2. The summed E-state index contributed by atoms with van der Waals surface area (Å²) in [6.45, 7) is 0. The summed E-state index contributed by atoms with van der Waals surface area (Å²) in [7, 11) is 2.77. The first-order valence-corrected chi connectivity index (χ1v) is 4.30. The van der Waals surface area contributed by atoms with E-state index >= 15 is 0 Å². The first-order valence-electron chi connectivity index (χ1n) is 4.30. The first kappa shape index (κ1) is 11.1. The number of carbonyl (C=O) groups excluding carboxylic acids is 1. The highest BCUT2D eigenvalue weighted by Gasteiger charge is 2.00. The van der Waals surface area contributed by atoms with Crippen molar-refractivity contribution in [2.45, 2.75) is 0 Å². The Bertz CT molecular complexity index is 382. The minimum atomic E-state index is -0.440. The lowest BCUT2D eigenvalue weighted by molar-refractivity contribution is -0.134. The Morgan fingerprint density at radius 2 is 2.13 bits per heavy atom. The molecular weight excluding hydrogens is 196 g/mol. The fourth-order valence-electron chi connectivity index (χ4n) is 1.04. The van der Waals surface area contributed by atoms with Gasteiger partial charge >= 0.3 is 5.97 Å². The maximum Gasteiger partial charge on any atom is 0.330 e. The third kappa shape index (κ3) is 3.02. The van der Waals surface area contributed by atoms with Crippen molar-refractivity contribution >= 4 is 12.0 Å². The summed E-state index contributed by atoms with van der Waals surface area (Å²) in [5.41, 5.74) is 0.693. The average Bonchev–Trinajstić information content (AvgIpc) is 2.26. The predicted octanol–water partition coefficient (Wildman–Crippen LogP) is 1.59. The number of phenols is 1. The number of methoxy groups -OCH3 is 2. The summed E-state index contributed by atoms with van der Waals surface area (Å²) in [5, 5.41) is 9.44. The van der Waals surface area contributed by atoms with Crippen LogP contribution < -0.4 is 4.74 Å². The van der Waals surface area contributed by atoms with Crippen LogP contribution in [-0.2, 0) is 9.53 Å². The molecule has 0 radical (unpaired) electrons. The van der Waals surface area contributed by atoms with Crippen LogP contribution in [0.2, 0.25) is 0 Å². The van der Waals surface area contributed by atoms with Crippen molar-refractivity contribution in [2.75, 3.05) is 14.2 Å². The molecule has 0 atom stereocenters. The van der Waals surface area contributed by atoms with E-state index in [-0.39, 0.29) is 5.75 Å². The van der Waals surface area contributed by atoms with E-state index in [4.69, 9.17) is 4.74 Å². The molecule has 0 aliphatic carbocycles. The smallest absolute Gasteiger partial charge is 0.330 e. The quantitative estimate of drug-likeness (QED) is 0.605. The summed E-state index contributed by atoms with van der Waals surface area (Å²) in [5.74, 6) is -0.0139. The van der Waals surface area contributed by atoms with Gasteiger partial charge in [-0.05, 0) is 23.8 Å². The summed E-state index contributed by atoms with van der Waals surface area (Å²) < 4.78 is 9.32. The number of hydrogen-bond acceptors (Lipinski definition) is 4. The molecule has 0 saturated heterocycles. The highest BCUT2D eigenvalue weighted by atomic mass is 16.5. The van der Waals surface area contributed by atoms with Crippen molar-refractivity contribution in [3.05, 3.63) is 29.8 Å². The molecule has 0 aliphatic rings. The number of aromatic hydroxyl groups is 1. The lowest BCUT2D eigenvalue weighted by Gasteiger charge is -2.02. The Morgan fingerprint density at radius 3 is 2.67 bits per heavy atom. The highest BCUT2D eigenvalue weighted by Crippen LogP contribution is 2.26. The number of hydrogen-bond donors (Lipinski definition) is 1. The fourth-order valence-corrected chi connectivity index (χ4v) is 1.04. The van der Waals surface area contributed by atoms with E-state index in [1.165, 1.54) is 26.4 Å². The van der Waals surface area contributed by atoms with Crippen molar-refractivity contribution in [3.63, 3.8) is 0 Å². The number of ether oxygens (including phenoxy) is 2. The van der Waals surface area contributed by atoms with Crippen LogP contribution in [0, 0.1) is 0 Å². The molecule has 1 aromatic carbocycles. The predicted molar refractivity (Wildman–Crippen MR) is 55.7 cm³/mol. The Morgan fingerprint density at radius 1 is 1.40 bits per heavy atom. The van der Waals surface area contributed by atoms with Crippen molar-refractivity contribution < 1.29 is 19.4 Å². The van der Waals surface area contributed by atoms with Crippen LogP contribution in [0.1, 0.15) is 5.56 Å². The van der Waals surface area contributed by atoms with Crippen molar-refractivity contribution in [1.29, 1.82) is 0 Å². The van der Waals surface area contributed by atoms with Gasteiger partial charge < -0.3 is 14.6 Å².